The highest BCUT2D eigenvalue weighted by Gasteiger charge is 2.56. The van der Waals surface area contributed by atoms with Gasteiger partial charge in [0.05, 0.1) is 0 Å². The smallest absolute Gasteiger partial charge is 0.224 e. The van der Waals surface area contributed by atoms with Crippen LogP contribution >= 0.6 is 0 Å². The number of hydrogen-bond acceptors (Lipinski definition) is 2. The van der Waals surface area contributed by atoms with Crippen LogP contribution in [0.15, 0.2) is 24.3 Å². The molecule has 2 aliphatic rings. The molecule has 1 aromatic rings. The van der Waals surface area contributed by atoms with Gasteiger partial charge >= 0.3 is 0 Å². The van der Waals surface area contributed by atoms with Crippen molar-refractivity contribution in [2.75, 3.05) is 13.2 Å². The Morgan fingerprint density at radius 3 is 3.06 bits per heavy atom. The van der Waals surface area contributed by atoms with Crippen molar-refractivity contribution in [3.05, 3.63) is 35.4 Å². The average molecular weight is 245 g/mol. The molecule has 0 aromatic heterocycles. The number of amides is 1. The van der Waals surface area contributed by atoms with Crippen LogP contribution in [0.25, 0.3) is 0 Å². The number of nitrogens with one attached hydrogen (secondary N) is 1. The lowest BCUT2D eigenvalue weighted by atomic mass is 9.92. The van der Waals surface area contributed by atoms with Crippen molar-refractivity contribution >= 4 is 5.91 Å². The molecule has 0 aliphatic heterocycles. The zero-order valence-corrected chi connectivity index (χ0v) is 10.4. The van der Waals surface area contributed by atoms with E-state index in [0.717, 1.165) is 12.8 Å². The predicted molar refractivity (Wildman–Crippen MR) is 69.2 cm³/mol. The summed E-state index contributed by atoms with van der Waals surface area (Å²) in [6.07, 6.45) is 2.89. The summed E-state index contributed by atoms with van der Waals surface area (Å²) in [5, 5.41) is 11.7. The van der Waals surface area contributed by atoms with E-state index < -0.39 is 0 Å². The summed E-state index contributed by atoms with van der Waals surface area (Å²) in [7, 11) is 0. The Bertz CT molecular complexity index is 458. The lowest BCUT2D eigenvalue weighted by molar-refractivity contribution is -0.122. The van der Waals surface area contributed by atoms with Crippen molar-refractivity contribution in [2.45, 2.75) is 25.2 Å². The normalized spacial score (nSPS) is 28.2. The molecular weight excluding hydrogens is 226 g/mol. The standard InChI is InChI=1S/C15H19NO2/c17-9-3-8-16-15(18)14-12-7-6-10-4-1-2-5-11(10)13(12)14/h1-2,4-5,12-14,17H,3,6-9H2,(H,16,18). The molecule has 3 nitrogen and oxygen atoms in total. The first-order chi connectivity index (χ1) is 8.83. The van der Waals surface area contributed by atoms with Gasteiger partial charge in [0.2, 0.25) is 5.91 Å². The molecule has 1 saturated carbocycles. The Kier molecular flexibility index (Phi) is 3.08. The maximum absolute atomic E-state index is 12.1. The van der Waals surface area contributed by atoms with Gasteiger partial charge in [-0.15, -0.1) is 0 Å². The highest BCUT2D eigenvalue weighted by Crippen LogP contribution is 2.59. The van der Waals surface area contributed by atoms with Crippen LogP contribution in [-0.4, -0.2) is 24.2 Å². The number of aliphatic hydroxyl groups excluding tert-OH is 1. The van der Waals surface area contributed by atoms with Crippen LogP contribution in [0.4, 0.5) is 0 Å². The summed E-state index contributed by atoms with van der Waals surface area (Å²) in [5.41, 5.74) is 2.81. The first-order valence-corrected chi connectivity index (χ1v) is 6.79. The van der Waals surface area contributed by atoms with E-state index >= 15 is 0 Å². The van der Waals surface area contributed by atoms with Gasteiger partial charge in [-0.05, 0) is 42.2 Å². The van der Waals surface area contributed by atoms with Gasteiger partial charge in [-0.25, -0.2) is 0 Å². The van der Waals surface area contributed by atoms with Crippen molar-refractivity contribution in [1.82, 2.24) is 5.32 Å². The number of benzene rings is 1. The number of hydrogen-bond donors (Lipinski definition) is 2. The molecule has 0 heterocycles. The Morgan fingerprint density at radius 2 is 2.22 bits per heavy atom. The molecular formula is C15H19NO2. The zero-order valence-electron chi connectivity index (χ0n) is 10.4. The Morgan fingerprint density at radius 1 is 1.39 bits per heavy atom. The molecule has 0 saturated heterocycles. The fourth-order valence-electron chi connectivity index (χ4n) is 3.33. The maximum atomic E-state index is 12.1. The third-order valence-electron chi connectivity index (χ3n) is 4.27. The van der Waals surface area contributed by atoms with Crippen LogP contribution < -0.4 is 5.32 Å². The molecule has 3 heteroatoms. The van der Waals surface area contributed by atoms with E-state index in [9.17, 15) is 4.79 Å². The number of rotatable bonds is 4. The van der Waals surface area contributed by atoms with Crippen molar-refractivity contribution < 1.29 is 9.90 Å². The van der Waals surface area contributed by atoms with Crippen molar-refractivity contribution in [3.8, 4) is 0 Å². The van der Waals surface area contributed by atoms with Crippen molar-refractivity contribution in [2.24, 2.45) is 11.8 Å². The quantitative estimate of drug-likeness (QED) is 0.789. The largest absolute Gasteiger partial charge is 0.396 e. The SMILES string of the molecule is O=C(NCCCO)C1C2CCc3ccccc3C21. The van der Waals surface area contributed by atoms with Gasteiger partial charge in [0.25, 0.3) is 0 Å². The van der Waals surface area contributed by atoms with E-state index in [1.807, 2.05) is 0 Å². The Balaban J connectivity index is 1.67. The molecule has 96 valence electrons. The molecule has 3 unspecified atom stereocenters. The lowest BCUT2D eigenvalue weighted by Crippen LogP contribution is -2.27. The fourth-order valence-corrected chi connectivity index (χ4v) is 3.33. The van der Waals surface area contributed by atoms with E-state index in [4.69, 9.17) is 5.11 Å². The molecule has 1 amide bonds. The molecule has 1 aromatic carbocycles. The second-order valence-electron chi connectivity index (χ2n) is 5.32. The van der Waals surface area contributed by atoms with Crippen LogP contribution in [0.1, 0.15) is 29.9 Å². The Labute approximate surface area is 107 Å². The summed E-state index contributed by atoms with van der Waals surface area (Å²) in [6, 6.07) is 8.51. The molecule has 18 heavy (non-hydrogen) atoms. The third-order valence-corrected chi connectivity index (χ3v) is 4.27. The van der Waals surface area contributed by atoms with Gasteiger partial charge in [-0.3, -0.25) is 4.79 Å². The number of aliphatic hydroxyl groups is 1. The lowest BCUT2D eigenvalue weighted by Gasteiger charge is -2.13. The molecule has 1 fully saturated rings. The van der Waals surface area contributed by atoms with Crippen LogP contribution in [0.3, 0.4) is 0 Å². The first kappa shape index (κ1) is 11.7. The third kappa shape index (κ3) is 1.93. The van der Waals surface area contributed by atoms with E-state index in [2.05, 4.69) is 29.6 Å². The molecule has 0 bridgehead atoms. The predicted octanol–water partition coefficient (Wildman–Crippen LogP) is 1.46. The number of fused-ring (bicyclic) bond motifs is 3. The Hall–Kier alpha value is -1.35. The van der Waals surface area contributed by atoms with E-state index in [0.29, 0.717) is 24.8 Å². The minimum Gasteiger partial charge on any atom is -0.396 e. The van der Waals surface area contributed by atoms with Crippen molar-refractivity contribution in [3.63, 3.8) is 0 Å². The summed E-state index contributed by atoms with van der Waals surface area (Å²) in [5.74, 6) is 1.35. The second kappa shape index (κ2) is 4.73. The monoisotopic (exact) mass is 245 g/mol. The molecule has 3 atom stereocenters. The van der Waals surface area contributed by atoms with Crippen LogP contribution in [-0.2, 0) is 11.2 Å². The molecule has 2 N–H and O–H groups in total. The summed E-state index contributed by atoms with van der Waals surface area (Å²) in [4.78, 5) is 12.1. The maximum Gasteiger partial charge on any atom is 0.224 e. The number of aryl methyl sites for hydroxylation is 1. The number of carbonyl (C=O) groups is 1. The van der Waals surface area contributed by atoms with E-state index in [1.54, 1.807) is 0 Å². The van der Waals surface area contributed by atoms with Gasteiger partial charge in [0.15, 0.2) is 0 Å². The highest BCUT2D eigenvalue weighted by molar-refractivity contribution is 5.84. The zero-order chi connectivity index (χ0) is 12.5. The molecule has 0 spiro atoms. The van der Waals surface area contributed by atoms with Crippen LogP contribution in [0, 0.1) is 11.8 Å². The van der Waals surface area contributed by atoms with E-state index in [-0.39, 0.29) is 18.4 Å². The van der Waals surface area contributed by atoms with Gasteiger partial charge < -0.3 is 10.4 Å². The van der Waals surface area contributed by atoms with Gasteiger partial charge in [-0.2, -0.15) is 0 Å². The number of carbonyl (C=O) groups excluding carboxylic acids is 1. The van der Waals surface area contributed by atoms with E-state index in [1.165, 1.54) is 11.1 Å². The van der Waals surface area contributed by atoms with Gasteiger partial charge in [0.1, 0.15) is 0 Å². The summed E-state index contributed by atoms with van der Waals surface area (Å²) in [6.45, 7) is 0.730. The average Bonchev–Trinajstić information content (AvgIpc) is 3.14. The topological polar surface area (TPSA) is 49.3 Å². The molecule has 2 aliphatic carbocycles. The fraction of sp³-hybridized carbons (Fsp3) is 0.533. The molecule has 3 rings (SSSR count). The highest BCUT2D eigenvalue weighted by atomic mass is 16.3. The minimum absolute atomic E-state index is 0.140. The van der Waals surface area contributed by atoms with Crippen LogP contribution in [0.2, 0.25) is 0 Å². The minimum atomic E-state index is 0.140. The summed E-state index contributed by atoms with van der Waals surface area (Å²) < 4.78 is 0. The van der Waals surface area contributed by atoms with Gasteiger partial charge in [0, 0.05) is 19.1 Å². The van der Waals surface area contributed by atoms with Crippen LogP contribution in [0.5, 0.6) is 0 Å². The second-order valence-corrected chi connectivity index (χ2v) is 5.32. The van der Waals surface area contributed by atoms with Crippen molar-refractivity contribution in [1.29, 1.82) is 0 Å². The van der Waals surface area contributed by atoms with Gasteiger partial charge in [-0.1, -0.05) is 24.3 Å². The first-order valence-electron chi connectivity index (χ1n) is 6.79. The summed E-state index contributed by atoms with van der Waals surface area (Å²) >= 11 is 0. The molecule has 0 radical (unpaired) electrons.